The lowest BCUT2D eigenvalue weighted by Gasteiger charge is -2.39. The van der Waals surface area contributed by atoms with Crippen LogP contribution in [0, 0.1) is 10.8 Å². The van der Waals surface area contributed by atoms with Gasteiger partial charge in [-0.15, -0.1) is 0 Å². The van der Waals surface area contributed by atoms with E-state index in [-0.39, 0.29) is 55.8 Å². The van der Waals surface area contributed by atoms with E-state index in [4.69, 9.17) is 33.9 Å². The summed E-state index contributed by atoms with van der Waals surface area (Å²) in [6.45, 7) is 3.22. The molecule has 71 heavy (non-hydrogen) atoms. The van der Waals surface area contributed by atoms with E-state index in [1.807, 2.05) is 18.2 Å². The molecule has 4 aliphatic carbocycles. The average Bonchev–Trinajstić information content (AvgIpc) is 4.22. The molecule has 2 aromatic carbocycles. The quantitative estimate of drug-likeness (QED) is 0.0718. The highest BCUT2D eigenvalue weighted by Crippen LogP contribution is 2.50. The summed E-state index contributed by atoms with van der Waals surface area (Å²) in [5, 5.41) is 28.5. The fourth-order valence-corrected chi connectivity index (χ4v) is 11.4. The van der Waals surface area contributed by atoms with Gasteiger partial charge in [0.05, 0.1) is 27.4 Å². The van der Waals surface area contributed by atoms with Gasteiger partial charge in [-0.05, 0) is 115 Å². The Morgan fingerprint density at radius 2 is 1.10 bits per heavy atom. The van der Waals surface area contributed by atoms with Crippen molar-refractivity contribution in [3.63, 3.8) is 0 Å². The SMILES string of the molecule is BrCC1=CC2(CCCC2)CC1.COc1cc(C2CN(C(=O)c3cc(OCCO)ccn3)C2)ccc1O.COc1cc(C2CN(C(=O)c3cc(OCCO)ccn3)C2)ccc1OCC1=CC2(CCCC2)CC1. The molecule has 15 heteroatoms. The fraction of sp³-hybridized carbons (Fsp3) is 0.500. The second kappa shape index (κ2) is 24.2. The van der Waals surface area contributed by atoms with E-state index < -0.39 is 0 Å². The Hall–Kier alpha value is -5.64. The maximum absolute atomic E-state index is 12.8. The molecule has 380 valence electrons. The van der Waals surface area contributed by atoms with Crippen LogP contribution >= 0.6 is 15.9 Å². The van der Waals surface area contributed by atoms with Crippen LogP contribution in [0.1, 0.15) is 121 Å². The summed E-state index contributed by atoms with van der Waals surface area (Å²) in [7, 11) is 3.18. The molecule has 0 unspecified atom stereocenters. The normalized spacial score (nSPS) is 18.6. The first kappa shape index (κ1) is 51.7. The number of pyridine rings is 2. The molecule has 4 aromatic rings. The zero-order valence-corrected chi connectivity index (χ0v) is 42.7. The zero-order valence-electron chi connectivity index (χ0n) is 41.2. The maximum atomic E-state index is 12.8. The number of carbonyl (C=O) groups excluding carboxylic acids is 2. The number of allylic oxidation sites excluding steroid dienone is 3. The molecule has 2 saturated carbocycles. The minimum Gasteiger partial charge on any atom is -0.504 e. The van der Waals surface area contributed by atoms with Gasteiger partial charge < -0.3 is 48.8 Å². The molecular formula is C56H69BrN4O10. The van der Waals surface area contributed by atoms with E-state index in [2.05, 4.69) is 44.1 Å². The fourth-order valence-electron chi connectivity index (χ4n) is 10.9. The molecular weight excluding hydrogens is 969 g/mol. The highest BCUT2D eigenvalue weighted by Gasteiger charge is 2.38. The number of benzene rings is 2. The van der Waals surface area contributed by atoms with Gasteiger partial charge in [0.2, 0.25) is 0 Å². The number of halogens is 1. The van der Waals surface area contributed by atoms with Gasteiger partial charge in [-0.1, -0.05) is 71.5 Å². The number of hydrogen-bond acceptors (Lipinski definition) is 12. The van der Waals surface area contributed by atoms with Crippen LogP contribution in [0.25, 0.3) is 0 Å². The summed E-state index contributed by atoms with van der Waals surface area (Å²) < 4.78 is 27.6. The monoisotopic (exact) mass is 1040 g/mol. The zero-order chi connectivity index (χ0) is 49.8. The largest absolute Gasteiger partial charge is 0.504 e. The van der Waals surface area contributed by atoms with Crippen molar-refractivity contribution in [1.82, 2.24) is 19.8 Å². The van der Waals surface area contributed by atoms with E-state index >= 15 is 0 Å². The van der Waals surface area contributed by atoms with Crippen LogP contribution in [0.15, 0.2) is 96.4 Å². The number of rotatable bonds is 16. The molecule has 10 rings (SSSR count). The van der Waals surface area contributed by atoms with Crippen LogP contribution in [-0.2, 0) is 0 Å². The second-order valence-electron chi connectivity index (χ2n) is 19.7. The molecule has 0 bridgehead atoms. The van der Waals surface area contributed by atoms with Crippen LogP contribution < -0.4 is 23.7 Å². The van der Waals surface area contributed by atoms with Gasteiger partial charge in [-0.2, -0.15) is 0 Å². The van der Waals surface area contributed by atoms with Crippen LogP contribution in [0.3, 0.4) is 0 Å². The number of methoxy groups -OCH3 is 2. The second-order valence-corrected chi connectivity index (χ2v) is 20.3. The van der Waals surface area contributed by atoms with Gasteiger partial charge in [0.1, 0.15) is 42.7 Å². The van der Waals surface area contributed by atoms with Crippen LogP contribution in [0.2, 0.25) is 0 Å². The minimum atomic E-state index is -0.156. The van der Waals surface area contributed by atoms with Crippen LogP contribution in [-0.4, -0.2) is 126 Å². The molecule has 14 nitrogen and oxygen atoms in total. The van der Waals surface area contributed by atoms with Gasteiger partial charge in [0.25, 0.3) is 11.8 Å². The standard InChI is InChI=1S/C28H34N2O5.C18H20N2O5.C10H15Br/c1-33-26-14-21(4-5-25(26)35-19-20-6-10-28(16-20)8-2-3-9-28)22-17-30(18-22)27(32)24-15-23(7-11-29-24)34-13-12-31;1-24-17-8-12(2-3-16(17)22)13-10-20(11-13)18(23)15-9-14(4-5-19-15)25-7-6-21;11-8-9-3-6-10(7-9)4-1-2-5-10/h4-5,7,11,14-16,22,31H,2-3,6,8-10,12-13,17-19H2,1H3;2-5,8-9,13,21-22H,6-7,10-11H2,1H3;7H,1-6,8H2. The number of nitrogens with zero attached hydrogens (tertiary/aromatic N) is 4. The summed E-state index contributed by atoms with van der Waals surface area (Å²) in [6, 6.07) is 17.9. The Kier molecular flexibility index (Phi) is 17.6. The van der Waals surface area contributed by atoms with Crippen molar-refractivity contribution in [2.24, 2.45) is 10.8 Å². The topological polar surface area (TPSA) is 173 Å². The highest BCUT2D eigenvalue weighted by atomic mass is 79.9. The summed E-state index contributed by atoms with van der Waals surface area (Å²) in [4.78, 5) is 37.1. The average molecular weight is 1040 g/mol. The maximum Gasteiger partial charge on any atom is 0.272 e. The molecule has 3 N–H and O–H groups in total. The molecule has 2 spiro atoms. The minimum absolute atomic E-state index is 0.0781. The lowest BCUT2D eigenvalue weighted by atomic mass is 9.86. The van der Waals surface area contributed by atoms with E-state index in [0.29, 0.717) is 72.3 Å². The summed E-state index contributed by atoms with van der Waals surface area (Å²) in [5.74, 6) is 3.23. The van der Waals surface area contributed by atoms with Crippen molar-refractivity contribution in [3.8, 4) is 34.5 Å². The first-order chi connectivity index (χ1) is 34.6. The van der Waals surface area contributed by atoms with Crippen molar-refractivity contribution in [3.05, 3.63) is 119 Å². The predicted octanol–water partition coefficient (Wildman–Crippen LogP) is 9.43. The lowest BCUT2D eigenvalue weighted by molar-refractivity contribution is 0.0589. The van der Waals surface area contributed by atoms with Gasteiger partial charge in [-0.3, -0.25) is 19.6 Å². The first-order valence-corrected chi connectivity index (χ1v) is 26.3. The number of hydrogen-bond donors (Lipinski definition) is 3. The predicted molar refractivity (Wildman–Crippen MR) is 274 cm³/mol. The Labute approximate surface area is 426 Å². The first-order valence-electron chi connectivity index (χ1n) is 25.2. The van der Waals surface area contributed by atoms with Gasteiger partial charge in [-0.25, -0.2) is 0 Å². The summed E-state index contributed by atoms with van der Waals surface area (Å²) >= 11 is 3.54. The number of alkyl halides is 1. The van der Waals surface area contributed by atoms with Crippen LogP contribution in [0.5, 0.6) is 34.5 Å². The number of phenolic OH excluding ortho intramolecular Hbond substituents is 1. The molecule has 0 radical (unpaired) electrons. The number of ether oxygens (including phenoxy) is 5. The van der Waals surface area contributed by atoms with E-state index in [0.717, 1.165) is 34.4 Å². The molecule has 0 atom stereocenters. The Bertz CT molecular complexity index is 2510. The van der Waals surface area contributed by atoms with Crippen molar-refractivity contribution in [2.75, 3.05) is 78.8 Å². The third-order valence-electron chi connectivity index (χ3n) is 15.0. The number of aromatic hydroxyl groups is 1. The smallest absolute Gasteiger partial charge is 0.272 e. The number of aliphatic hydroxyl groups is 2. The van der Waals surface area contributed by atoms with E-state index in [1.165, 1.54) is 89.5 Å². The third-order valence-corrected chi connectivity index (χ3v) is 15.7. The molecule has 4 heterocycles. The number of aliphatic hydroxyl groups excluding tert-OH is 2. The Morgan fingerprint density at radius 1 is 0.620 bits per heavy atom. The molecule has 2 saturated heterocycles. The van der Waals surface area contributed by atoms with Crippen LogP contribution in [0.4, 0.5) is 0 Å². The van der Waals surface area contributed by atoms with E-state index in [9.17, 15) is 14.7 Å². The molecule has 2 aliphatic heterocycles. The van der Waals surface area contributed by atoms with Crippen molar-refractivity contribution in [2.45, 2.75) is 88.9 Å². The Morgan fingerprint density at radius 3 is 1.58 bits per heavy atom. The van der Waals surface area contributed by atoms with E-state index in [1.54, 1.807) is 65.1 Å². The molecule has 2 amide bonds. The number of carbonyl (C=O) groups is 2. The van der Waals surface area contributed by atoms with Gasteiger partial charge >= 0.3 is 0 Å². The highest BCUT2D eigenvalue weighted by molar-refractivity contribution is 9.09. The Balaban J connectivity index is 0.000000162. The summed E-state index contributed by atoms with van der Waals surface area (Å²) in [5.41, 5.74) is 6.99. The number of amides is 2. The van der Waals surface area contributed by atoms with Crippen molar-refractivity contribution < 1.29 is 48.6 Å². The van der Waals surface area contributed by atoms with Gasteiger partial charge in [0, 0.05) is 67.9 Å². The third kappa shape index (κ3) is 12.9. The van der Waals surface area contributed by atoms with Gasteiger partial charge in [0.15, 0.2) is 23.0 Å². The summed E-state index contributed by atoms with van der Waals surface area (Å²) in [6.07, 6.45) is 24.5. The number of phenols is 1. The van der Waals surface area contributed by atoms with Crippen molar-refractivity contribution >= 4 is 27.7 Å². The molecule has 6 aliphatic rings. The molecule has 4 fully saturated rings. The molecule has 2 aromatic heterocycles. The van der Waals surface area contributed by atoms with Crippen molar-refractivity contribution in [1.29, 1.82) is 0 Å². The number of aromatic nitrogens is 2. The lowest BCUT2D eigenvalue weighted by Crippen LogP contribution is -2.48. The number of likely N-dealkylation sites (tertiary alicyclic amines) is 2.